The number of rotatable bonds is 7. The second-order valence-corrected chi connectivity index (χ2v) is 16.9. The van der Waals surface area contributed by atoms with Crippen molar-refractivity contribution < 1.29 is 10.2 Å². The Kier molecular flexibility index (Phi) is 9.65. The molecule has 0 aliphatic carbocycles. The van der Waals surface area contributed by atoms with E-state index in [2.05, 4.69) is 167 Å². The Morgan fingerprint density at radius 3 is 0.870 bits per heavy atom. The van der Waals surface area contributed by atoms with E-state index >= 15 is 0 Å². The van der Waals surface area contributed by atoms with Crippen LogP contribution in [0.4, 0.5) is 11.4 Å². The largest absolute Gasteiger partial charge is 0.507 e. The molecule has 0 saturated heterocycles. The number of hydrogen-bond acceptors (Lipinski definition) is 4. The lowest BCUT2D eigenvalue weighted by atomic mass is 9.78. The summed E-state index contributed by atoms with van der Waals surface area (Å²) in [4.78, 5) is 0. The SMILES string of the molecule is CC(C)(C)c1cc(CNc2ccc(-c3ccc(NCc4cc(C(C)(C)C)c(O)c(C(C)(C)C)c4)cc3)cc2)cc(C(C)(C)C)c1O. The molecule has 0 aliphatic rings. The molecule has 246 valence electrons. The first-order chi connectivity index (χ1) is 21.1. The fourth-order valence-electron chi connectivity index (χ4n) is 5.85. The van der Waals surface area contributed by atoms with E-state index in [1.54, 1.807) is 0 Å². The van der Waals surface area contributed by atoms with E-state index < -0.39 is 0 Å². The zero-order valence-corrected chi connectivity index (χ0v) is 30.2. The number of phenols is 2. The Morgan fingerprint density at radius 1 is 0.413 bits per heavy atom. The molecular weight excluding hydrogens is 564 g/mol. The molecule has 0 aliphatic heterocycles. The highest BCUT2D eigenvalue weighted by molar-refractivity contribution is 5.68. The first-order valence-electron chi connectivity index (χ1n) is 16.6. The molecule has 46 heavy (non-hydrogen) atoms. The van der Waals surface area contributed by atoms with Crippen molar-refractivity contribution in [1.82, 2.24) is 0 Å². The van der Waals surface area contributed by atoms with Gasteiger partial charge in [-0.15, -0.1) is 0 Å². The number of phenolic OH excluding ortho intramolecular Hbond substituents is 2. The van der Waals surface area contributed by atoms with Crippen LogP contribution in [0.2, 0.25) is 0 Å². The summed E-state index contributed by atoms with van der Waals surface area (Å²) < 4.78 is 0. The highest BCUT2D eigenvalue weighted by Crippen LogP contribution is 2.41. The first-order valence-corrected chi connectivity index (χ1v) is 16.6. The Balaban J connectivity index is 1.44. The van der Waals surface area contributed by atoms with E-state index in [-0.39, 0.29) is 21.7 Å². The van der Waals surface area contributed by atoms with Crippen LogP contribution in [0, 0.1) is 0 Å². The second-order valence-electron chi connectivity index (χ2n) is 16.9. The summed E-state index contributed by atoms with van der Waals surface area (Å²) in [5, 5.41) is 29.3. The van der Waals surface area contributed by atoms with Crippen molar-refractivity contribution in [3.8, 4) is 22.6 Å². The van der Waals surface area contributed by atoms with Gasteiger partial charge in [0.25, 0.3) is 0 Å². The summed E-state index contributed by atoms with van der Waals surface area (Å²) >= 11 is 0. The highest BCUT2D eigenvalue weighted by atomic mass is 16.3. The normalized spacial score (nSPS) is 12.7. The number of aromatic hydroxyl groups is 2. The molecule has 0 unspecified atom stereocenters. The number of anilines is 2. The van der Waals surface area contributed by atoms with Crippen molar-refractivity contribution >= 4 is 11.4 Å². The lowest BCUT2D eigenvalue weighted by Gasteiger charge is -2.28. The fourth-order valence-corrected chi connectivity index (χ4v) is 5.85. The van der Waals surface area contributed by atoms with E-state index in [1.165, 1.54) is 0 Å². The van der Waals surface area contributed by atoms with Crippen LogP contribution < -0.4 is 10.6 Å². The van der Waals surface area contributed by atoms with Crippen LogP contribution in [0.1, 0.15) is 116 Å². The third-order valence-electron chi connectivity index (χ3n) is 8.67. The van der Waals surface area contributed by atoms with E-state index in [9.17, 15) is 10.2 Å². The number of nitrogens with one attached hydrogen (secondary N) is 2. The molecule has 4 nitrogen and oxygen atoms in total. The van der Waals surface area contributed by atoms with Gasteiger partial charge in [-0.3, -0.25) is 0 Å². The van der Waals surface area contributed by atoms with E-state index in [1.807, 2.05) is 0 Å². The van der Waals surface area contributed by atoms with E-state index in [0.29, 0.717) is 24.6 Å². The van der Waals surface area contributed by atoms with Crippen LogP contribution in [0.3, 0.4) is 0 Å². The molecule has 4 aromatic rings. The molecule has 0 heterocycles. The van der Waals surface area contributed by atoms with Crippen molar-refractivity contribution in [2.45, 2.75) is 118 Å². The predicted octanol–water partition coefficient (Wildman–Crippen LogP) is 11.2. The van der Waals surface area contributed by atoms with Gasteiger partial charge in [-0.05, 0) is 115 Å². The molecule has 4 heteroatoms. The third kappa shape index (κ3) is 8.26. The minimum atomic E-state index is -0.149. The van der Waals surface area contributed by atoms with Crippen LogP contribution in [0.15, 0.2) is 72.8 Å². The molecule has 0 saturated carbocycles. The zero-order chi connectivity index (χ0) is 34.2. The predicted molar refractivity (Wildman–Crippen MR) is 198 cm³/mol. The maximum Gasteiger partial charge on any atom is 0.123 e. The van der Waals surface area contributed by atoms with Crippen molar-refractivity contribution in [2.75, 3.05) is 10.6 Å². The van der Waals surface area contributed by atoms with Crippen LogP contribution in [-0.4, -0.2) is 10.2 Å². The standard InChI is InChI=1S/C42H56N2O2/c1-39(2,3)33-21-27(22-34(37(33)45)40(4,5)6)25-43-31-17-13-29(14-18-31)30-15-19-32(20-16-30)44-26-28-23-35(41(7,8)9)38(46)36(24-28)42(10,11)12/h13-24,43-46H,25-26H2,1-12H3. The summed E-state index contributed by atoms with van der Waals surface area (Å²) in [6, 6.07) is 25.7. The van der Waals surface area contributed by atoms with Crippen molar-refractivity contribution in [2.24, 2.45) is 0 Å². The van der Waals surface area contributed by atoms with E-state index in [0.717, 1.165) is 55.9 Å². The van der Waals surface area contributed by atoms with Crippen LogP contribution in [-0.2, 0) is 34.7 Å². The summed E-state index contributed by atoms with van der Waals surface area (Å²) in [6.07, 6.45) is 0. The molecule has 0 spiro atoms. The molecule has 4 aromatic carbocycles. The average Bonchev–Trinajstić information content (AvgIpc) is 2.94. The highest BCUT2D eigenvalue weighted by Gasteiger charge is 2.27. The molecule has 0 bridgehead atoms. The average molecular weight is 621 g/mol. The molecular formula is C42H56N2O2. The molecule has 0 fully saturated rings. The third-order valence-corrected chi connectivity index (χ3v) is 8.67. The van der Waals surface area contributed by atoms with Gasteiger partial charge in [-0.25, -0.2) is 0 Å². The maximum atomic E-state index is 11.1. The maximum absolute atomic E-state index is 11.1. The van der Waals surface area contributed by atoms with Crippen molar-refractivity contribution in [1.29, 1.82) is 0 Å². The Bertz CT molecular complexity index is 1460. The van der Waals surface area contributed by atoms with Gasteiger partial charge in [0.15, 0.2) is 0 Å². The Morgan fingerprint density at radius 2 is 0.652 bits per heavy atom. The Labute approximate surface area is 278 Å². The van der Waals surface area contributed by atoms with Gasteiger partial charge < -0.3 is 20.8 Å². The minimum absolute atomic E-state index is 0.149. The summed E-state index contributed by atoms with van der Waals surface area (Å²) in [5.41, 5.74) is 10.1. The molecule has 0 radical (unpaired) electrons. The van der Waals surface area contributed by atoms with Gasteiger partial charge >= 0.3 is 0 Å². The lowest BCUT2D eigenvalue weighted by molar-refractivity contribution is 0.422. The topological polar surface area (TPSA) is 64.5 Å². The number of benzene rings is 4. The van der Waals surface area contributed by atoms with Crippen molar-refractivity contribution in [3.63, 3.8) is 0 Å². The van der Waals surface area contributed by atoms with Gasteiger partial charge in [-0.2, -0.15) is 0 Å². The quantitative estimate of drug-likeness (QED) is 0.166. The van der Waals surface area contributed by atoms with E-state index in [4.69, 9.17) is 0 Å². The second kappa shape index (κ2) is 12.7. The molecule has 0 amide bonds. The molecule has 4 N–H and O–H groups in total. The summed E-state index contributed by atoms with van der Waals surface area (Å²) in [7, 11) is 0. The summed E-state index contributed by atoms with van der Waals surface area (Å²) in [6.45, 7) is 27.1. The Hall–Kier alpha value is -3.92. The van der Waals surface area contributed by atoms with Gasteiger partial charge in [0.05, 0.1) is 0 Å². The summed E-state index contributed by atoms with van der Waals surface area (Å²) in [5.74, 6) is 0.832. The van der Waals surface area contributed by atoms with Crippen LogP contribution in [0.5, 0.6) is 11.5 Å². The van der Waals surface area contributed by atoms with Crippen molar-refractivity contribution in [3.05, 3.63) is 106 Å². The zero-order valence-electron chi connectivity index (χ0n) is 30.2. The lowest BCUT2D eigenvalue weighted by Crippen LogP contribution is -2.18. The van der Waals surface area contributed by atoms with Crippen LogP contribution >= 0.6 is 0 Å². The molecule has 0 aromatic heterocycles. The molecule has 4 rings (SSSR count). The smallest absolute Gasteiger partial charge is 0.123 e. The molecule has 0 atom stereocenters. The monoisotopic (exact) mass is 620 g/mol. The fraction of sp³-hybridized carbons (Fsp3) is 0.429. The first kappa shape index (κ1) is 34.9. The van der Waals surface area contributed by atoms with Crippen LogP contribution in [0.25, 0.3) is 11.1 Å². The number of hydrogen-bond donors (Lipinski definition) is 4. The minimum Gasteiger partial charge on any atom is -0.507 e. The van der Waals surface area contributed by atoms with Gasteiger partial charge in [0.2, 0.25) is 0 Å². The van der Waals surface area contributed by atoms with Gasteiger partial charge in [-0.1, -0.05) is 107 Å². The van der Waals surface area contributed by atoms with Gasteiger partial charge in [0, 0.05) is 24.5 Å². The van der Waals surface area contributed by atoms with Gasteiger partial charge in [0.1, 0.15) is 11.5 Å².